The number of sulfonamides is 1. The summed E-state index contributed by atoms with van der Waals surface area (Å²) in [6, 6.07) is 5.15. The Balaban J connectivity index is 1.83. The predicted octanol–water partition coefficient (Wildman–Crippen LogP) is 2.36. The van der Waals surface area contributed by atoms with E-state index in [1.807, 2.05) is 6.92 Å². The highest BCUT2D eigenvalue weighted by Crippen LogP contribution is 2.37. The van der Waals surface area contributed by atoms with Crippen LogP contribution in [0.25, 0.3) is 17.2 Å². The Labute approximate surface area is 214 Å². The third kappa shape index (κ3) is 5.20. The summed E-state index contributed by atoms with van der Waals surface area (Å²) in [5.74, 6) is 1.11. The largest absolute Gasteiger partial charge is 0.494 e. The summed E-state index contributed by atoms with van der Waals surface area (Å²) in [7, 11) is 0.254. The molecule has 0 saturated heterocycles. The summed E-state index contributed by atoms with van der Waals surface area (Å²) in [6.45, 7) is 3.33. The molecule has 3 aromatic heterocycles. The van der Waals surface area contributed by atoms with Crippen LogP contribution in [0.2, 0.25) is 0 Å². The lowest BCUT2D eigenvalue weighted by Gasteiger charge is -2.22. The van der Waals surface area contributed by atoms with Crippen molar-refractivity contribution in [2.24, 2.45) is 0 Å². The highest BCUT2D eigenvalue weighted by Gasteiger charge is 2.35. The molecule has 3 heterocycles. The van der Waals surface area contributed by atoms with Crippen LogP contribution >= 0.6 is 0 Å². The molecule has 0 bridgehead atoms. The van der Waals surface area contributed by atoms with Gasteiger partial charge in [0.25, 0.3) is 0 Å². The second-order valence-electron chi connectivity index (χ2n) is 7.91. The molecule has 37 heavy (non-hydrogen) atoms. The van der Waals surface area contributed by atoms with Gasteiger partial charge in [-0.3, -0.25) is 14.3 Å². The molecule has 0 radical (unpaired) electrons. The Morgan fingerprint density at radius 2 is 1.62 bits per heavy atom. The van der Waals surface area contributed by atoms with Crippen LogP contribution in [0.5, 0.6) is 11.5 Å². The van der Waals surface area contributed by atoms with Crippen molar-refractivity contribution in [3.8, 4) is 28.7 Å². The van der Waals surface area contributed by atoms with E-state index in [9.17, 15) is 8.42 Å². The van der Waals surface area contributed by atoms with E-state index in [1.165, 1.54) is 51.4 Å². The highest BCUT2D eigenvalue weighted by atomic mass is 32.2. The van der Waals surface area contributed by atoms with Gasteiger partial charge in [0.15, 0.2) is 11.6 Å². The number of nitrogens with one attached hydrogen (secondary N) is 1. The second kappa shape index (κ2) is 10.8. The van der Waals surface area contributed by atoms with E-state index in [2.05, 4.69) is 34.9 Å². The number of hydrogen-bond acceptors (Lipinski definition) is 11. The van der Waals surface area contributed by atoms with Crippen molar-refractivity contribution in [2.45, 2.75) is 25.2 Å². The van der Waals surface area contributed by atoms with Gasteiger partial charge >= 0.3 is 0 Å². The van der Waals surface area contributed by atoms with E-state index in [4.69, 9.17) is 14.2 Å². The van der Waals surface area contributed by atoms with Crippen molar-refractivity contribution in [1.82, 2.24) is 34.7 Å². The predicted molar refractivity (Wildman–Crippen MR) is 134 cm³/mol. The molecular formula is C23H26N8O5S. The Kier molecular flexibility index (Phi) is 7.59. The van der Waals surface area contributed by atoms with Crippen LogP contribution in [0.1, 0.15) is 24.4 Å². The normalized spacial score (nSPS) is 13.1. The zero-order valence-electron chi connectivity index (χ0n) is 20.9. The SMILES string of the molecule is COc1cccc(OC)c1-n1c(NS(=O)(=O)C(C)C(OC)c2ncc(C)cn2)nnc1-c1cnccn1. The van der Waals surface area contributed by atoms with Crippen LogP contribution in [-0.4, -0.2) is 69.7 Å². The molecule has 0 aliphatic heterocycles. The average Bonchev–Trinajstić information content (AvgIpc) is 3.32. The molecule has 4 aromatic rings. The van der Waals surface area contributed by atoms with Crippen LogP contribution in [0.3, 0.4) is 0 Å². The Bertz CT molecular complexity index is 1440. The number of benzene rings is 1. The minimum atomic E-state index is -4.12. The van der Waals surface area contributed by atoms with E-state index >= 15 is 0 Å². The molecule has 1 N–H and O–H groups in total. The molecular weight excluding hydrogens is 500 g/mol. The summed E-state index contributed by atoms with van der Waals surface area (Å²) in [6.07, 6.45) is 6.73. The Morgan fingerprint density at radius 1 is 0.946 bits per heavy atom. The number of ether oxygens (including phenoxy) is 3. The van der Waals surface area contributed by atoms with Crippen LogP contribution in [-0.2, 0) is 14.8 Å². The summed E-state index contributed by atoms with van der Waals surface area (Å²) in [5, 5.41) is 7.23. The summed E-state index contributed by atoms with van der Waals surface area (Å²) in [4.78, 5) is 16.9. The monoisotopic (exact) mass is 526 g/mol. The summed E-state index contributed by atoms with van der Waals surface area (Å²) < 4.78 is 47.7. The van der Waals surface area contributed by atoms with Crippen molar-refractivity contribution in [3.05, 3.63) is 60.6 Å². The van der Waals surface area contributed by atoms with Crippen LogP contribution in [0, 0.1) is 6.92 Å². The van der Waals surface area contributed by atoms with Gasteiger partial charge in [0.1, 0.15) is 34.2 Å². The van der Waals surface area contributed by atoms with Gasteiger partial charge < -0.3 is 14.2 Å². The minimum absolute atomic E-state index is 0.116. The lowest BCUT2D eigenvalue weighted by atomic mass is 10.2. The molecule has 2 atom stereocenters. The summed E-state index contributed by atoms with van der Waals surface area (Å²) >= 11 is 0. The van der Waals surface area contributed by atoms with E-state index in [0.717, 1.165) is 5.56 Å². The molecule has 0 aliphatic carbocycles. The fraction of sp³-hybridized carbons (Fsp3) is 0.304. The molecule has 0 amide bonds. The maximum Gasteiger partial charge on any atom is 0.243 e. The first kappa shape index (κ1) is 25.9. The lowest BCUT2D eigenvalue weighted by Crippen LogP contribution is -2.33. The zero-order valence-corrected chi connectivity index (χ0v) is 21.7. The lowest BCUT2D eigenvalue weighted by molar-refractivity contribution is 0.0949. The van der Waals surface area contributed by atoms with Gasteiger partial charge in [0.2, 0.25) is 16.0 Å². The standard InChI is InChI=1S/C23H26N8O5S/c1-14-11-26-21(27-12-14)20(36-5)15(2)37(32,33)30-23-29-28-22(16-13-24-9-10-25-16)31(23)19-17(34-3)7-6-8-18(19)35-4/h6-13,15,20H,1-5H3,(H,29,30). The van der Waals surface area contributed by atoms with Gasteiger partial charge in [-0.2, -0.15) is 0 Å². The van der Waals surface area contributed by atoms with E-state index in [-0.39, 0.29) is 17.6 Å². The molecule has 0 fully saturated rings. The molecule has 2 unspecified atom stereocenters. The second-order valence-corrected chi connectivity index (χ2v) is 9.95. The van der Waals surface area contributed by atoms with Gasteiger partial charge in [-0.15, -0.1) is 10.2 Å². The first-order valence-electron chi connectivity index (χ1n) is 11.1. The number of para-hydroxylation sites is 1. The first-order valence-corrected chi connectivity index (χ1v) is 12.6. The first-order chi connectivity index (χ1) is 17.8. The van der Waals surface area contributed by atoms with E-state index < -0.39 is 21.4 Å². The Hall–Kier alpha value is -4.17. The molecule has 0 saturated carbocycles. The molecule has 0 spiro atoms. The number of hydrogen-bond donors (Lipinski definition) is 1. The fourth-order valence-corrected chi connectivity index (χ4v) is 4.76. The number of aryl methyl sites for hydroxylation is 1. The molecule has 14 heteroatoms. The molecule has 4 rings (SSSR count). The summed E-state index contributed by atoms with van der Waals surface area (Å²) in [5.41, 5.74) is 1.56. The van der Waals surface area contributed by atoms with Gasteiger partial charge in [-0.25, -0.2) is 23.4 Å². The zero-order chi connectivity index (χ0) is 26.6. The van der Waals surface area contributed by atoms with Crippen LogP contribution in [0.15, 0.2) is 49.2 Å². The van der Waals surface area contributed by atoms with Crippen molar-refractivity contribution in [2.75, 3.05) is 26.1 Å². The third-order valence-electron chi connectivity index (χ3n) is 5.54. The fourth-order valence-electron chi connectivity index (χ4n) is 3.63. The minimum Gasteiger partial charge on any atom is -0.494 e. The average molecular weight is 527 g/mol. The van der Waals surface area contributed by atoms with Gasteiger partial charge in [0.05, 0.1) is 20.4 Å². The number of aromatic nitrogens is 7. The van der Waals surface area contributed by atoms with Gasteiger partial charge in [-0.1, -0.05) is 6.07 Å². The van der Waals surface area contributed by atoms with Crippen molar-refractivity contribution < 1.29 is 22.6 Å². The number of methoxy groups -OCH3 is 3. The maximum absolute atomic E-state index is 13.6. The van der Waals surface area contributed by atoms with Crippen LogP contribution in [0.4, 0.5) is 5.95 Å². The third-order valence-corrected chi connectivity index (χ3v) is 7.23. The molecule has 13 nitrogen and oxygen atoms in total. The van der Waals surface area contributed by atoms with Gasteiger partial charge in [-0.05, 0) is 31.5 Å². The maximum atomic E-state index is 13.6. The quantitative estimate of drug-likeness (QED) is 0.323. The van der Waals surface area contributed by atoms with E-state index in [1.54, 1.807) is 30.6 Å². The van der Waals surface area contributed by atoms with Crippen molar-refractivity contribution in [3.63, 3.8) is 0 Å². The number of nitrogens with zero attached hydrogens (tertiary/aromatic N) is 7. The number of anilines is 1. The number of rotatable bonds is 10. The van der Waals surface area contributed by atoms with Gasteiger partial charge in [0, 0.05) is 31.9 Å². The van der Waals surface area contributed by atoms with Crippen molar-refractivity contribution >= 4 is 16.0 Å². The highest BCUT2D eigenvalue weighted by molar-refractivity contribution is 7.93. The topological polar surface area (TPSA) is 156 Å². The molecule has 0 aliphatic rings. The smallest absolute Gasteiger partial charge is 0.243 e. The van der Waals surface area contributed by atoms with Crippen molar-refractivity contribution in [1.29, 1.82) is 0 Å². The van der Waals surface area contributed by atoms with Crippen LogP contribution < -0.4 is 14.2 Å². The molecule has 194 valence electrons. The van der Waals surface area contributed by atoms with E-state index in [0.29, 0.717) is 22.9 Å². The Morgan fingerprint density at radius 3 is 2.19 bits per heavy atom. The molecule has 1 aromatic carbocycles.